The molecule has 0 spiro atoms. The predicted molar refractivity (Wildman–Crippen MR) is 94.0 cm³/mol. The van der Waals surface area contributed by atoms with Crippen LogP contribution in [0.4, 0.5) is 0 Å². The topological polar surface area (TPSA) is 18.5 Å². The Balaban J connectivity index is 5.06. The van der Waals surface area contributed by atoms with E-state index >= 15 is 0 Å². The van der Waals surface area contributed by atoms with Gasteiger partial charge in [0.1, 0.15) is 0 Å². The molecule has 116 valence electrons. The average Bonchev–Trinajstić information content (AvgIpc) is 2.19. The molecule has 0 unspecified atom stereocenters. The maximum absolute atomic E-state index is 6.70. The van der Waals surface area contributed by atoms with Crippen LogP contribution in [0.5, 0.6) is 0 Å². The first-order valence-corrected chi connectivity index (χ1v) is 17.0. The molecule has 0 radical (unpaired) electrons. The van der Waals surface area contributed by atoms with Crippen LogP contribution >= 0.6 is 0 Å². The summed E-state index contributed by atoms with van der Waals surface area (Å²) in [4.78, 5) is 0. The van der Waals surface area contributed by atoms with Crippen LogP contribution in [0.1, 0.15) is 39.5 Å². The summed E-state index contributed by atoms with van der Waals surface area (Å²) >= 11 is 0. The van der Waals surface area contributed by atoms with Crippen LogP contribution in [0.25, 0.3) is 0 Å². The van der Waals surface area contributed by atoms with Gasteiger partial charge < -0.3 is 8.23 Å². The van der Waals surface area contributed by atoms with Crippen LogP contribution < -0.4 is 0 Å². The van der Waals surface area contributed by atoms with Crippen molar-refractivity contribution in [2.75, 3.05) is 0 Å². The lowest BCUT2D eigenvalue weighted by atomic mass is 10.4. The fourth-order valence-electron chi connectivity index (χ4n) is 2.36. The minimum Gasteiger partial charge on any atom is -0.436 e. The van der Waals surface area contributed by atoms with E-state index in [1.165, 1.54) is 37.8 Å². The lowest BCUT2D eigenvalue weighted by Gasteiger charge is -2.41. The van der Waals surface area contributed by atoms with E-state index in [2.05, 4.69) is 53.1 Å². The Labute approximate surface area is 124 Å². The number of rotatable bonds is 10. The van der Waals surface area contributed by atoms with Crippen molar-refractivity contribution in [2.24, 2.45) is 0 Å². The first-order chi connectivity index (χ1) is 8.54. The third-order valence-corrected chi connectivity index (χ3v) is 12.9. The molecule has 0 aliphatic carbocycles. The molecule has 0 aliphatic rings. The van der Waals surface area contributed by atoms with Crippen molar-refractivity contribution in [3.05, 3.63) is 0 Å². The fraction of sp³-hybridized carbons (Fsp3) is 1.00. The molecule has 0 rings (SSSR count). The van der Waals surface area contributed by atoms with Crippen molar-refractivity contribution >= 4 is 25.2 Å². The highest BCUT2D eigenvalue weighted by molar-refractivity contribution is 6.88. The standard InChI is InChI=1S/C14H36O2Si3/c1-9-11-13-19(14-12-10-2,15-17(3,4)5)16-18(6,7)8/h9-14H2,1-8H3. The van der Waals surface area contributed by atoms with Gasteiger partial charge in [0, 0.05) is 0 Å². The molecular formula is C14H36O2Si3. The monoisotopic (exact) mass is 320 g/mol. The van der Waals surface area contributed by atoms with Gasteiger partial charge in [-0.15, -0.1) is 0 Å². The summed E-state index contributed by atoms with van der Waals surface area (Å²) in [5, 5.41) is 0. The van der Waals surface area contributed by atoms with Gasteiger partial charge in [0.05, 0.1) is 0 Å². The molecule has 19 heavy (non-hydrogen) atoms. The molecule has 2 nitrogen and oxygen atoms in total. The van der Waals surface area contributed by atoms with E-state index in [4.69, 9.17) is 8.23 Å². The van der Waals surface area contributed by atoms with Crippen molar-refractivity contribution < 1.29 is 8.23 Å². The highest BCUT2D eigenvalue weighted by atomic mass is 28.5. The summed E-state index contributed by atoms with van der Waals surface area (Å²) < 4.78 is 13.4. The van der Waals surface area contributed by atoms with Crippen molar-refractivity contribution in [2.45, 2.75) is 90.9 Å². The molecule has 0 heterocycles. The minimum absolute atomic E-state index is 1.19. The maximum Gasteiger partial charge on any atom is 0.317 e. The molecule has 0 fully saturated rings. The first-order valence-electron chi connectivity index (χ1n) is 7.94. The lowest BCUT2D eigenvalue weighted by molar-refractivity contribution is 0.367. The SMILES string of the molecule is CCCC[Si](CCCC)(O[Si](C)(C)C)O[Si](C)(C)C. The van der Waals surface area contributed by atoms with Gasteiger partial charge in [-0.05, 0) is 51.4 Å². The molecule has 0 aromatic carbocycles. The van der Waals surface area contributed by atoms with E-state index in [-0.39, 0.29) is 0 Å². The van der Waals surface area contributed by atoms with Gasteiger partial charge in [-0.3, -0.25) is 0 Å². The van der Waals surface area contributed by atoms with E-state index in [9.17, 15) is 0 Å². The maximum atomic E-state index is 6.70. The van der Waals surface area contributed by atoms with E-state index in [1.54, 1.807) is 0 Å². The average molecular weight is 321 g/mol. The van der Waals surface area contributed by atoms with Gasteiger partial charge in [0.2, 0.25) is 0 Å². The summed E-state index contributed by atoms with van der Waals surface area (Å²) in [5.74, 6) is 0. The Hall–Kier alpha value is 0.571. The van der Waals surface area contributed by atoms with Gasteiger partial charge >= 0.3 is 8.56 Å². The zero-order chi connectivity index (χ0) is 15.2. The number of unbranched alkanes of at least 4 members (excludes halogenated alkanes) is 2. The third kappa shape index (κ3) is 10.0. The van der Waals surface area contributed by atoms with Gasteiger partial charge in [0.25, 0.3) is 0 Å². The molecule has 0 bridgehead atoms. The van der Waals surface area contributed by atoms with Crippen molar-refractivity contribution in [1.82, 2.24) is 0 Å². The zero-order valence-corrected chi connectivity index (χ0v) is 17.6. The molecule has 0 saturated heterocycles. The summed E-state index contributed by atoms with van der Waals surface area (Å²) in [6.45, 7) is 18.4. The summed E-state index contributed by atoms with van der Waals surface area (Å²) in [7, 11) is -5.05. The molecule has 0 aromatic rings. The van der Waals surface area contributed by atoms with Crippen LogP contribution in [0.3, 0.4) is 0 Å². The van der Waals surface area contributed by atoms with Crippen molar-refractivity contribution in [3.8, 4) is 0 Å². The second-order valence-corrected chi connectivity index (χ2v) is 20.5. The minimum atomic E-state index is -1.98. The fourth-order valence-corrected chi connectivity index (χ4v) is 15.5. The second kappa shape index (κ2) is 8.12. The molecule has 0 saturated carbocycles. The van der Waals surface area contributed by atoms with Gasteiger partial charge in [-0.1, -0.05) is 39.5 Å². The van der Waals surface area contributed by atoms with E-state index in [0.717, 1.165) is 0 Å². The Morgan fingerprint density at radius 2 is 0.947 bits per heavy atom. The van der Waals surface area contributed by atoms with Gasteiger partial charge in [-0.2, -0.15) is 0 Å². The van der Waals surface area contributed by atoms with Crippen molar-refractivity contribution in [1.29, 1.82) is 0 Å². The van der Waals surface area contributed by atoms with E-state index in [1.807, 2.05) is 0 Å². The Morgan fingerprint density at radius 1 is 0.632 bits per heavy atom. The van der Waals surface area contributed by atoms with Gasteiger partial charge in [0.15, 0.2) is 16.6 Å². The number of hydrogen-bond donors (Lipinski definition) is 0. The molecule has 0 amide bonds. The molecule has 0 aromatic heterocycles. The Morgan fingerprint density at radius 3 is 1.16 bits per heavy atom. The second-order valence-electron chi connectivity index (χ2n) is 7.55. The van der Waals surface area contributed by atoms with Crippen LogP contribution in [0, 0.1) is 0 Å². The summed E-state index contributed by atoms with van der Waals surface area (Å²) in [5.41, 5.74) is 0. The van der Waals surface area contributed by atoms with E-state index in [0.29, 0.717) is 0 Å². The smallest absolute Gasteiger partial charge is 0.317 e. The lowest BCUT2D eigenvalue weighted by Crippen LogP contribution is -2.54. The largest absolute Gasteiger partial charge is 0.436 e. The Kier molecular flexibility index (Phi) is 8.36. The highest BCUT2D eigenvalue weighted by Gasteiger charge is 2.43. The van der Waals surface area contributed by atoms with Crippen molar-refractivity contribution in [3.63, 3.8) is 0 Å². The summed E-state index contributed by atoms with van der Waals surface area (Å²) in [6, 6.07) is 2.38. The zero-order valence-electron chi connectivity index (χ0n) is 14.6. The number of hydrogen-bond acceptors (Lipinski definition) is 2. The molecule has 0 atom stereocenters. The molecule has 5 heteroatoms. The molecule has 0 N–H and O–H groups in total. The van der Waals surface area contributed by atoms with Crippen LogP contribution in [0.15, 0.2) is 0 Å². The first kappa shape index (κ1) is 19.6. The van der Waals surface area contributed by atoms with Crippen LogP contribution in [-0.4, -0.2) is 25.2 Å². The van der Waals surface area contributed by atoms with E-state index < -0.39 is 25.2 Å². The van der Waals surface area contributed by atoms with Gasteiger partial charge in [-0.25, -0.2) is 0 Å². The van der Waals surface area contributed by atoms with Crippen LogP contribution in [-0.2, 0) is 8.23 Å². The predicted octanol–water partition coefficient (Wildman–Crippen LogP) is 5.73. The highest BCUT2D eigenvalue weighted by Crippen LogP contribution is 2.31. The molecule has 0 aliphatic heterocycles. The molecular weight excluding hydrogens is 284 g/mol. The quantitative estimate of drug-likeness (QED) is 0.478. The summed E-state index contributed by atoms with van der Waals surface area (Å²) in [6.07, 6.45) is 4.99. The van der Waals surface area contributed by atoms with Crippen LogP contribution in [0.2, 0.25) is 51.4 Å². The normalized spacial score (nSPS) is 13.9. The third-order valence-electron chi connectivity index (χ3n) is 2.81. The Bertz CT molecular complexity index is 218.